The molecule has 1 saturated heterocycles. The van der Waals surface area contributed by atoms with Gasteiger partial charge in [-0.2, -0.15) is 15.1 Å². The van der Waals surface area contributed by atoms with Crippen LogP contribution in [0.5, 0.6) is 6.01 Å². The average molecular weight is 381 g/mol. The fourth-order valence-electron chi connectivity index (χ4n) is 3.50. The molecule has 0 spiro atoms. The maximum atomic E-state index is 6.08. The highest BCUT2D eigenvalue weighted by Crippen LogP contribution is 2.21. The summed E-state index contributed by atoms with van der Waals surface area (Å²) in [5.41, 5.74) is 9.01. The van der Waals surface area contributed by atoms with E-state index in [1.165, 1.54) is 12.8 Å². The van der Waals surface area contributed by atoms with Gasteiger partial charge in [0.15, 0.2) is 5.65 Å². The molecule has 0 atom stereocenters. The molecule has 0 saturated carbocycles. The zero-order valence-corrected chi connectivity index (χ0v) is 16.3. The normalized spacial score (nSPS) is 14.8. The largest absolute Gasteiger partial charge is 0.463 e. The lowest BCUT2D eigenvalue weighted by atomic mass is 10.2. The number of unbranched alkanes of at least 4 members (excludes halogenated alkanes) is 1. The highest BCUT2D eigenvalue weighted by molar-refractivity contribution is 5.85. The first-order chi connectivity index (χ1) is 13.7. The SMILES string of the molecule is CCCCOc1nc(N)c2cnn(Cc3ccnc(CN4CCCC4)c3)c2n1. The van der Waals surface area contributed by atoms with Crippen LogP contribution in [0.3, 0.4) is 0 Å². The quantitative estimate of drug-likeness (QED) is 0.599. The first-order valence-corrected chi connectivity index (χ1v) is 10.0. The Morgan fingerprint density at radius 2 is 2.04 bits per heavy atom. The van der Waals surface area contributed by atoms with Crippen LogP contribution in [0, 0.1) is 0 Å². The molecule has 0 aromatic carbocycles. The van der Waals surface area contributed by atoms with Crippen molar-refractivity contribution in [2.24, 2.45) is 0 Å². The van der Waals surface area contributed by atoms with Crippen LogP contribution in [0.4, 0.5) is 5.82 Å². The van der Waals surface area contributed by atoms with Crippen molar-refractivity contribution in [3.05, 3.63) is 35.8 Å². The van der Waals surface area contributed by atoms with Gasteiger partial charge in [0.05, 0.1) is 30.4 Å². The summed E-state index contributed by atoms with van der Waals surface area (Å²) in [4.78, 5) is 15.7. The number of ether oxygens (including phenoxy) is 1. The number of pyridine rings is 1. The number of hydrogen-bond donors (Lipinski definition) is 1. The summed E-state index contributed by atoms with van der Waals surface area (Å²) in [6.45, 7) is 6.52. The number of hydrogen-bond acceptors (Lipinski definition) is 7. The molecule has 8 heteroatoms. The Bertz CT molecular complexity index is 933. The molecule has 0 unspecified atom stereocenters. The number of nitrogens with zero attached hydrogens (tertiary/aromatic N) is 6. The third kappa shape index (κ3) is 4.22. The van der Waals surface area contributed by atoms with E-state index in [9.17, 15) is 0 Å². The highest BCUT2D eigenvalue weighted by Gasteiger charge is 2.14. The van der Waals surface area contributed by atoms with Gasteiger partial charge in [-0.15, -0.1) is 0 Å². The molecule has 0 radical (unpaired) electrons. The molecule has 3 aromatic heterocycles. The van der Waals surface area contributed by atoms with Crippen molar-refractivity contribution in [2.75, 3.05) is 25.4 Å². The van der Waals surface area contributed by atoms with Crippen molar-refractivity contribution in [1.82, 2.24) is 29.6 Å². The Morgan fingerprint density at radius 3 is 2.86 bits per heavy atom. The molecule has 4 rings (SSSR count). The monoisotopic (exact) mass is 381 g/mol. The van der Waals surface area contributed by atoms with Gasteiger partial charge in [-0.25, -0.2) is 4.68 Å². The molecule has 3 aromatic rings. The Balaban J connectivity index is 1.54. The molecule has 8 nitrogen and oxygen atoms in total. The molecule has 28 heavy (non-hydrogen) atoms. The molecule has 0 bridgehead atoms. The summed E-state index contributed by atoms with van der Waals surface area (Å²) in [6.07, 6.45) is 8.15. The maximum Gasteiger partial charge on any atom is 0.320 e. The van der Waals surface area contributed by atoms with E-state index in [0.29, 0.717) is 30.6 Å². The van der Waals surface area contributed by atoms with Gasteiger partial charge >= 0.3 is 6.01 Å². The molecular formula is C20H27N7O. The van der Waals surface area contributed by atoms with E-state index < -0.39 is 0 Å². The van der Waals surface area contributed by atoms with Crippen molar-refractivity contribution < 1.29 is 4.74 Å². The summed E-state index contributed by atoms with van der Waals surface area (Å²) in [6, 6.07) is 4.48. The van der Waals surface area contributed by atoms with Crippen LogP contribution >= 0.6 is 0 Å². The van der Waals surface area contributed by atoms with Crippen LogP contribution in [0.1, 0.15) is 43.9 Å². The number of fused-ring (bicyclic) bond motifs is 1. The number of likely N-dealkylation sites (tertiary alicyclic amines) is 1. The van der Waals surface area contributed by atoms with E-state index in [4.69, 9.17) is 10.5 Å². The summed E-state index contributed by atoms with van der Waals surface area (Å²) >= 11 is 0. The minimum Gasteiger partial charge on any atom is -0.463 e. The van der Waals surface area contributed by atoms with E-state index in [-0.39, 0.29) is 0 Å². The third-order valence-electron chi connectivity index (χ3n) is 5.03. The van der Waals surface area contributed by atoms with Gasteiger partial charge in [0, 0.05) is 12.7 Å². The first kappa shape index (κ1) is 18.6. The van der Waals surface area contributed by atoms with Crippen molar-refractivity contribution >= 4 is 16.9 Å². The van der Waals surface area contributed by atoms with Crippen LogP contribution in [-0.2, 0) is 13.1 Å². The second-order valence-corrected chi connectivity index (χ2v) is 7.27. The van der Waals surface area contributed by atoms with E-state index in [1.807, 2.05) is 16.9 Å². The molecule has 0 aliphatic carbocycles. The number of anilines is 1. The van der Waals surface area contributed by atoms with Gasteiger partial charge in [0.2, 0.25) is 0 Å². The first-order valence-electron chi connectivity index (χ1n) is 10.0. The van der Waals surface area contributed by atoms with Gasteiger partial charge in [-0.1, -0.05) is 13.3 Å². The molecule has 1 aliphatic heterocycles. The van der Waals surface area contributed by atoms with Crippen molar-refractivity contribution in [3.8, 4) is 6.01 Å². The third-order valence-corrected chi connectivity index (χ3v) is 5.03. The predicted molar refractivity (Wildman–Crippen MR) is 108 cm³/mol. The fraction of sp³-hybridized carbons (Fsp3) is 0.500. The lowest BCUT2D eigenvalue weighted by molar-refractivity contribution is 0.286. The van der Waals surface area contributed by atoms with Gasteiger partial charge in [0.25, 0.3) is 0 Å². The topological polar surface area (TPSA) is 95.0 Å². The van der Waals surface area contributed by atoms with E-state index in [2.05, 4.69) is 37.9 Å². The highest BCUT2D eigenvalue weighted by atomic mass is 16.5. The molecule has 148 valence electrons. The van der Waals surface area contributed by atoms with Gasteiger partial charge < -0.3 is 10.5 Å². The van der Waals surface area contributed by atoms with Crippen LogP contribution in [0.2, 0.25) is 0 Å². The number of aromatic nitrogens is 5. The molecular weight excluding hydrogens is 354 g/mol. The molecule has 2 N–H and O–H groups in total. The fourth-order valence-corrected chi connectivity index (χ4v) is 3.50. The minimum atomic E-state index is 0.310. The summed E-state index contributed by atoms with van der Waals surface area (Å²) in [5.74, 6) is 0.396. The Kier molecular flexibility index (Phi) is 5.66. The Hall–Kier alpha value is -2.74. The maximum absolute atomic E-state index is 6.08. The second kappa shape index (κ2) is 8.52. The summed E-state index contributed by atoms with van der Waals surface area (Å²) in [5, 5.41) is 5.21. The molecule has 1 fully saturated rings. The van der Waals surface area contributed by atoms with Crippen LogP contribution in [0.15, 0.2) is 24.5 Å². The molecule has 4 heterocycles. The summed E-state index contributed by atoms with van der Waals surface area (Å²) in [7, 11) is 0. The van der Waals surface area contributed by atoms with E-state index in [0.717, 1.165) is 49.1 Å². The van der Waals surface area contributed by atoms with Crippen LogP contribution < -0.4 is 10.5 Å². The summed E-state index contributed by atoms with van der Waals surface area (Å²) < 4.78 is 7.49. The average Bonchev–Trinajstić information content (AvgIpc) is 3.33. The standard InChI is InChI=1S/C20H27N7O/c1-2-3-10-28-20-24-18(21)17-12-23-27(19(17)25-20)13-15-6-7-22-16(11-15)14-26-8-4-5-9-26/h6-7,11-12H,2-5,8-10,13-14H2,1H3,(H2,21,24,25). The van der Waals surface area contributed by atoms with Crippen molar-refractivity contribution in [3.63, 3.8) is 0 Å². The number of rotatable bonds is 8. The van der Waals surface area contributed by atoms with Gasteiger partial charge in [0.1, 0.15) is 5.82 Å². The second-order valence-electron chi connectivity index (χ2n) is 7.27. The predicted octanol–water partition coefficient (Wildman–Crippen LogP) is 2.63. The number of nitrogen functional groups attached to an aromatic ring is 1. The smallest absolute Gasteiger partial charge is 0.320 e. The van der Waals surface area contributed by atoms with Gasteiger partial charge in [-0.05, 0) is 50.0 Å². The molecule has 0 amide bonds. The van der Waals surface area contributed by atoms with E-state index >= 15 is 0 Å². The molecule has 1 aliphatic rings. The van der Waals surface area contributed by atoms with Crippen molar-refractivity contribution in [1.29, 1.82) is 0 Å². The zero-order valence-electron chi connectivity index (χ0n) is 16.3. The Labute approximate surface area is 164 Å². The zero-order chi connectivity index (χ0) is 19.3. The van der Waals surface area contributed by atoms with E-state index in [1.54, 1.807) is 6.20 Å². The lowest BCUT2D eigenvalue weighted by Crippen LogP contribution is -2.19. The minimum absolute atomic E-state index is 0.310. The lowest BCUT2D eigenvalue weighted by Gasteiger charge is -2.14. The van der Waals surface area contributed by atoms with Crippen LogP contribution in [0.25, 0.3) is 11.0 Å². The van der Waals surface area contributed by atoms with Gasteiger partial charge in [-0.3, -0.25) is 9.88 Å². The van der Waals surface area contributed by atoms with Crippen LogP contribution in [-0.4, -0.2) is 49.3 Å². The Morgan fingerprint density at radius 1 is 1.18 bits per heavy atom. The number of nitrogens with two attached hydrogens (primary N) is 1. The van der Waals surface area contributed by atoms with Crippen molar-refractivity contribution in [2.45, 2.75) is 45.7 Å².